The molecule has 0 amide bonds. The fraction of sp³-hybridized carbons (Fsp3) is 0.333. The predicted octanol–water partition coefficient (Wildman–Crippen LogP) is 1.30. The van der Waals surface area contributed by atoms with E-state index in [1.807, 2.05) is 6.92 Å². The third-order valence-corrected chi connectivity index (χ3v) is 2.04. The number of carbonyl (C=O) groups excluding carboxylic acids is 1. The van der Waals surface area contributed by atoms with Crippen molar-refractivity contribution >= 4 is 22.2 Å². The third-order valence-electron chi connectivity index (χ3n) is 1.45. The molecule has 0 atom stereocenters. The topological polar surface area (TPSA) is 34.9 Å². The number of halogens is 1. The van der Waals surface area contributed by atoms with Crippen molar-refractivity contribution < 1.29 is 4.79 Å². The summed E-state index contributed by atoms with van der Waals surface area (Å²) >= 11 is 3.16. The molecule has 1 rings (SSSR count). The third kappa shape index (κ3) is 0.988. The molecule has 3 nitrogen and oxygen atoms in total. The van der Waals surface area contributed by atoms with Crippen LogP contribution in [0.1, 0.15) is 16.1 Å². The van der Waals surface area contributed by atoms with Crippen molar-refractivity contribution in [3.63, 3.8) is 0 Å². The molecular weight excluding hydrogens is 196 g/mol. The number of aromatic nitrogens is 2. The van der Waals surface area contributed by atoms with Crippen LogP contribution in [0.15, 0.2) is 4.60 Å². The number of rotatable bonds is 1. The van der Waals surface area contributed by atoms with E-state index in [4.69, 9.17) is 0 Å². The fourth-order valence-electron chi connectivity index (χ4n) is 0.718. The van der Waals surface area contributed by atoms with Crippen LogP contribution in [0.5, 0.6) is 0 Å². The highest BCUT2D eigenvalue weighted by atomic mass is 79.9. The normalized spacial score (nSPS) is 9.90. The highest BCUT2D eigenvalue weighted by Crippen LogP contribution is 2.15. The van der Waals surface area contributed by atoms with E-state index in [-0.39, 0.29) is 0 Å². The monoisotopic (exact) mass is 202 g/mol. The second-order valence-electron chi connectivity index (χ2n) is 2.03. The lowest BCUT2D eigenvalue weighted by Crippen LogP contribution is -1.93. The Kier molecular flexibility index (Phi) is 1.89. The SMILES string of the molecule is Cc1c(C=O)c(Br)nn1C. The molecule has 1 heterocycles. The fourth-order valence-corrected chi connectivity index (χ4v) is 1.34. The van der Waals surface area contributed by atoms with Gasteiger partial charge in [0.15, 0.2) is 6.29 Å². The minimum atomic E-state index is 0.613. The summed E-state index contributed by atoms with van der Waals surface area (Å²) in [4.78, 5) is 10.4. The molecule has 0 saturated carbocycles. The van der Waals surface area contributed by atoms with Gasteiger partial charge in [0.2, 0.25) is 0 Å². The van der Waals surface area contributed by atoms with Gasteiger partial charge in [-0.05, 0) is 22.9 Å². The molecule has 0 bridgehead atoms. The summed E-state index contributed by atoms with van der Waals surface area (Å²) in [5.41, 5.74) is 1.50. The van der Waals surface area contributed by atoms with Crippen LogP contribution in [0, 0.1) is 6.92 Å². The van der Waals surface area contributed by atoms with Crippen molar-refractivity contribution in [3.05, 3.63) is 15.9 Å². The molecule has 1 aromatic heterocycles. The number of nitrogens with zero attached hydrogens (tertiary/aromatic N) is 2. The molecule has 0 radical (unpaired) electrons. The Morgan fingerprint density at radius 1 is 1.70 bits per heavy atom. The molecule has 0 N–H and O–H groups in total. The number of aryl methyl sites for hydroxylation is 1. The van der Waals surface area contributed by atoms with Gasteiger partial charge >= 0.3 is 0 Å². The summed E-state index contributed by atoms with van der Waals surface area (Å²) in [5, 5.41) is 3.98. The number of carbonyl (C=O) groups is 1. The van der Waals surface area contributed by atoms with E-state index < -0.39 is 0 Å². The van der Waals surface area contributed by atoms with Crippen LogP contribution in [0.4, 0.5) is 0 Å². The van der Waals surface area contributed by atoms with Gasteiger partial charge < -0.3 is 0 Å². The molecule has 0 fully saturated rings. The van der Waals surface area contributed by atoms with Crippen molar-refractivity contribution in [2.24, 2.45) is 7.05 Å². The minimum Gasteiger partial charge on any atom is -0.298 e. The second kappa shape index (κ2) is 2.54. The molecule has 54 valence electrons. The van der Waals surface area contributed by atoms with E-state index in [9.17, 15) is 4.79 Å². The molecule has 0 aromatic carbocycles. The first kappa shape index (κ1) is 7.47. The molecule has 0 saturated heterocycles. The van der Waals surface area contributed by atoms with Crippen LogP contribution in [0.2, 0.25) is 0 Å². The van der Waals surface area contributed by atoms with E-state index in [1.54, 1.807) is 11.7 Å². The molecule has 0 unspecified atom stereocenters. The first-order valence-corrected chi connectivity index (χ1v) is 3.60. The Hall–Kier alpha value is -0.640. The molecule has 4 heteroatoms. The van der Waals surface area contributed by atoms with Crippen LogP contribution in [0.25, 0.3) is 0 Å². The van der Waals surface area contributed by atoms with Crippen molar-refractivity contribution in [2.75, 3.05) is 0 Å². The van der Waals surface area contributed by atoms with Gasteiger partial charge in [-0.15, -0.1) is 0 Å². The second-order valence-corrected chi connectivity index (χ2v) is 2.78. The zero-order valence-corrected chi connectivity index (χ0v) is 7.34. The predicted molar refractivity (Wildman–Crippen MR) is 41.0 cm³/mol. The Bertz CT molecular complexity index is 267. The highest BCUT2D eigenvalue weighted by molar-refractivity contribution is 9.10. The molecular formula is C6H7BrN2O. The van der Waals surface area contributed by atoms with Crippen LogP contribution in [-0.4, -0.2) is 16.1 Å². The maximum Gasteiger partial charge on any atom is 0.154 e. The van der Waals surface area contributed by atoms with Gasteiger partial charge in [-0.1, -0.05) is 0 Å². The number of hydrogen-bond donors (Lipinski definition) is 0. The van der Waals surface area contributed by atoms with Gasteiger partial charge in [-0.25, -0.2) is 0 Å². The van der Waals surface area contributed by atoms with E-state index >= 15 is 0 Å². The van der Waals surface area contributed by atoms with E-state index in [0.29, 0.717) is 10.2 Å². The Balaban J connectivity index is 3.33. The average Bonchev–Trinajstić information content (AvgIpc) is 2.09. The first-order chi connectivity index (χ1) is 4.66. The standard InChI is InChI=1S/C6H7BrN2O/c1-4-5(3-10)6(7)8-9(4)2/h3H,1-2H3. The summed E-state index contributed by atoms with van der Waals surface area (Å²) in [7, 11) is 1.80. The summed E-state index contributed by atoms with van der Waals surface area (Å²) < 4.78 is 2.27. The maximum atomic E-state index is 10.4. The van der Waals surface area contributed by atoms with E-state index in [1.165, 1.54) is 0 Å². The summed E-state index contributed by atoms with van der Waals surface area (Å²) in [5.74, 6) is 0. The highest BCUT2D eigenvalue weighted by Gasteiger charge is 2.07. The largest absolute Gasteiger partial charge is 0.298 e. The van der Waals surface area contributed by atoms with Crippen molar-refractivity contribution in [1.29, 1.82) is 0 Å². The van der Waals surface area contributed by atoms with Crippen LogP contribution in [-0.2, 0) is 7.05 Å². The van der Waals surface area contributed by atoms with Gasteiger partial charge in [0.05, 0.1) is 5.56 Å². The maximum absolute atomic E-state index is 10.4. The van der Waals surface area contributed by atoms with Crippen LogP contribution >= 0.6 is 15.9 Å². The minimum absolute atomic E-state index is 0.613. The lowest BCUT2D eigenvalue weighted by atomic mass is 10.3. The van der Waals surface area contributed by atoms with Gasteiger partial charge in [-0.3, -0.25) is 9.48 Å². The summed E-state index contributed by atoms with van der Waals surface area (Å²) in [6.07, 6.45) is 0.798. The van der Waals surface area contributed by atoms with Gasteiger partial charge in [0, 0.05) is 12.7 Å². The smallest absolute Gasteiger partial charge is 0.154 e. The summed E-state index contributed by atoms with van der Waals surface area (Å²) in [6, 6.07) is 0. The number of aldehydes is 1. The lowest BCUT2D eigenvalue weighted by Gasteiger charge is -1.89. The average molecular weight is 203 g/mol. The quantitative estimate of drug-likeness (QED) is 0.644. The summed E-state index contributed by atoms with van der Waals surface area (Å²) in [6.45, 7) is 1.85. The Morgan fingerprint density at radius 3 is 2.50 bits per heavy atom. The first-order valence-electron chi connectivity index (χ1n) is 2.81. The zero-order valence-electron chi connectivity index (χ0n) is 5.76. The molecule has 0 aliphatic heterocycles. The zero-order chi connectivity index (χ0) is 7.72. The Morgan fingerprint density at radius 2 is 2.30 bits per heavy atom. The molecule has 0 aliphatic rings. The molecule has 10 heavy (non-hydrogen) atoms. The molecule has 1 aromatic rings. The molecule has 0 aliphatic carbocycles. The number of hydrogen-bond acceptors (Lipinski definition) is 2. The van der Waals surface area contributed by atoms with Gasteiger partial charge in [0.1, 0.15) is 4.60 Å². The van der Waals surface area contributed by atoms with Crippen molar-refractivity contribution in [3.8, 4) is 0 Å². The van der Waals surface area contributed by atoms with E-state index in [2.05, 4.69) is 21.0 Å². The Labute approximate surface area is 67.2 Å². The van der Waals surface area contributed by atoms with Crippen LogP contribution < -0.4 is 0 Å². The van der Waals surface area contributed by atoms with Gasteiger partial charge in [-0.2, -0.15) is 5.10 Å². The van der Waals surface area contributed by atoms with Crippen LogP contribution in [0.3, 0.4) is 0 Å². The van der Waals surface area contributed by atoms with Crippen molar-refractivity contribution in [1.82, 2.24) is 9.78 Å². The van der Waals surface area contributed by atoms with Crippen molar-refractivity contribution in [2.45, 2.75) is 6.92 Å². The lowest BCUT2D eigenvalue weighted by molar-refractivity contribution is 0.112. The van der Waals surface area contributed by atoms with E-state index in [0.717, 1.165) is 12.0 Å². The van der Waals surface area contributed by atoms with Gasteiger partial charge in [0.25, 0.3) is 0 Å². The molecule has 0 spiro atoms.